The Morgan fingerprint density at radius 1 is 1.17 bits per heavy atom. The molecule has 0 amide bonds. The van der Waals surface area contributed by atoms with Crippen molar-refractivity contribution in [2.24, 2.45) is 0 Å². The molecular weight excluding hydrogens is 456 g/mol. The van der Waals surface area contributed by atoms with E-state index in [2.05, 4.69) is 43.0 Å². The quantitative estimate of drug-likeness (QED) is 0.463. The molecule has 1 aliphatic heterocycles. The number of fused-ring (bicyclic) bond motifs is 1. The average molecular weight is 475 g/mol. The zero-order valence-corrected chi connectivity index (χ0v) is 17.8. The summed E-state index contributed by atoms with van der Waals surface area (Å²) in [6, 6.07) is 11.6. The maximum atomic E-state index is 11.0. The fourth-order valence-electron chi connectivity index (χ4n) is 3.76. The number of halogens is 1. The van der Waals surface area contributed by atoms with Crippen molar-refractivity contribution >= 4 is 32.2 Å². The number of aliphatic hydroxyl groups is 1. The topological polar surface area (TPSA) is 87.0 Å². The van der Waals surface area contributed by atoms with E-state index in [0.717, 1.165) is 40.8 Å². The summed E-state index contributed by atoms with van der Waals surface area (Å²) in [4.78, 5) is 8.24. The van der Waals surface area contributed by atoms with Gasteiger partial charge in [-0.2, -0.15) is 9.50 Å². The third-order valence-corrected chi connectivity index (χ3v) is 6.84. The van der Waals surface area contributed by atoms with Crippen LogP contribution in [0, 0.1) is 0 Å². The van der Waals surface area contributed by atoms with E-state index < -0.39 is 0 Å². The van der Waals surface area contributed by atoms with Gasteiger partial charge in [-0.1, -0.05) is 39.4 Å². The van der Waals surface area contributed by atoms with Gasteiger partial charge in [-0.25, -0.2) is 0 Å². The van der Waals surface area contributed by atoms with E-state index in [1.54, 1.807) is 18.4 Å². The lowest BCUT2D eigenvalue weighted by Gasteiger charge is -2.36. The molecule has 5 rings (SSSR count). The highest BCUT2D eigenvalue weighted by atomic mass is 79.9. The second kappa shape index (κ2) is 7.56. The van der Waals surface area contributed by atoms with Crippen LogP contribution in [0.2, 0.25) is 0 Å². The standard InChI is InChI=1S/C20H19BrN4O3S/c21-13-5-3-12(4-6-13)16(24-9-7-14(26)8-10-24)17-19(27)25-20(29-17)22-18(23-25)15-2-1-11-28-15/h1-6,11,14,16,26-27H,7-10H2/t16-/m1/s1. The SMILES string of the molecule is Oc1c([C@@H](c2ccc(Br)cc2)N2CCC(O)CC2)sc2nc(-c3ccco3)nn12. The molecule has 150 valence electrons. The highest BCUT2D eigenvalue weighted by Crippen LogP contribution is 2.41. The molecule has 9 heteroatoms. The minimum atomic E-state index is -0.261. The molecule has 7 nitrogen and oxygen atoms in total. The van der Waals surface area contributed by atoms with Gasteiger partial charge in [-0.05, 0) is 42.7 Å². The number of furan rings is 1. The van der Waals surface area contributed by atoms with Gasteiger partial charge < -0.3 is 14.6 Å². The molecule has 3 aromatic heterocycles. The number of likely N-dealkylation sites (tertiary alicyclic amines) is 1. The Morgan fingerprint density at radius 2 is 1.93 bits per heavy atom. The first-order valence-electron chi connectivity index (χ1n) is 9.40. The zero-order valence-electron chi connectivity index (χ0n) is 15.4. The van der Waals surface area contributed by atoms with Crippen molar-refractivity contribution in [2.45, 2.75) is 25.0 Å². The lowest BCUT2D eigenvalue weighted by molar-refractivity contribution is 0.0689. The first-order valence-corrected chi connectivity index (χ1v) is 11.0. The molecule has 1 aliphatic rings. The average Bonchev–Trinajstić information content (AvgIpc) is 3.44. The van der Waals surface area contributed by atoms with Crippen molar-refractivity contribution in [3.05, 3.63) is 57.6 Å². The van der Waals surface area contributed by atoms with Crippen LogP contribution in [-0.2, 0) is 0 Å². The molecule has 2 N–H and O–H groups in total. The fourth-order valence-corrected chi connectivity index (χ4v) is 5.14. The van der Waals surface area contributed by atoms with Crippen LogP contribution in [0.15, 0.2) is 51.6 Å². The van der Waals surface area contributed by atoms with Crippen molar-refractivity contribution < 1.29 is 14.6 Å². The minimum absolute atomic E-state index is 0.0920. The number of rotatable bonds is 4. The lowest BCUT2D eigenvalue weighted by Crippen LogP contribution is -2.38. The monoisotopic (exact) mass is 474 g/mol. The van der Waals surface area contributed by atoms with Gasteiger partial charge in [-0.15, -0.1) is 5.10 Å². The Morgan fingerprint density at radius 3 is 2.59 bits per heavy atom. The number of aromatic nitrogens is 3. The van der Waals surface area contributed by atoms with Crippen molar-refractivity contribution in [2.75, 3.05) is 13.1 Å². The van der Waals surface area contributed by atoms with Gasteiger partial charge in [0.15, 0.2) is 5.76 Å². The highest BCUT2D eigenvalue weighted by molar-refractivity contribution is 9.10. The van der Waals surface area contributed by atoms with Crippen molar-refractivity contribution in [3.63, 3.8) is 0 Å². The molecule has 0 aliphatic carbocycles. The second-order valence-corrected chi connectivity index (χ2v) is 9.04. The Labute approximate surface area is 179 Å². The lowest BCUT2D eigenvalue weighted by atomic mass is 9.99. The molecule has 4 aromatic rings. The molecule has 1 atom stereocenters. The van der Waals surface area contributed by atoms with Crippen LogP contribution in [0.25, 0.3) is 16.5 Å². The number of nitrogens with zero attached hydrogens (tertiary/aromatic N) is 4. The largest absolute Gasteiger partial charge is 0.492 e. The zero-order chi connectivity index (χ0) is 20.0. The summed E-state index contributed by atoms with van der Waals surface area (Å²) in [6.45, 7) is 1.51. The van der Waals surface area contributed by atoms with Crippen LogP contribution in [0.3, 0.4) is 0 Å². The number of aromatic hydroxyl groups is 1. The van der Waals surface area contributed by atoms with Crippen LogP contribution < -0.4 is 0 Å². The number of piperidine rings is 1. The van der Waals surface area contributed by atoms with Gasteiger partial charge >= 0.3 is 0 Å². The molecule has 0 saturated carbocycles. The number of benzene rings is 1. The van der Waals surface area contributed by atoms with E-state index in [1.165, 1.54) is 15.9 Å². The maximum absolute atomic E-state index is 11.0. The van der Waals surface area contributed by atoms with E-state index in [0.29, 0.717) is 16.5 Å². The predicted molar refractivity (Wildman–Crippen MR) is 113 cm³/mol. The van der Waals surface area contributed by atoms with Gasteiger partial charge in [0.2, 0.25) is 16.7 Å². The van der Waals surface area contributed by atoms with E-state index in [4.69, 9.17) is 4.42 Å². The normalized spacial score (nSPS) is 17.2. The first kappa shape index (κ1) is 18.8. The van der Waals surface area contributed by atoms with E-state index in [9.17, 15) is 10.2 Å². The molecule has 1 fully saturated rings. The summed E-state index contributed by atoms with van der Waals surface area (Å²) in [5.74, 6) is 1.11. The summed E-state index contributed by atoms with van der Waals surface area (Å²) in [7, 11) is 0. The van der Waals surface area contributed by atoms with Crippen LogP contribution in [0.5, 0.6) is 5.88 Å². The van der Waals surface area contributed by atoms with Crippen LogP contribution in [0.1, 0.15) is 29.3 Å². The number of hydrogen-bond donors (Lipinski definition) is 2. The molecule has 29 heavy (non-hydrogen) atoms. The summed E-state index contributed by atoms with van der Waals surface area (Å²) in [6.07, 6.45) is 2.75. The molecule has 0 bridgehead atoms. The molecule has 0 unspecified atom stereocenters. The van der Waals surface area contributed by atoms with Crippen LogP contribution in [0.4, 0.5) is 0 Å². The van der Waals surface area contributed by atoms with Crippen LogP contribution in [-0.4, -0.2) is 48.9 Å². The number of aliphatic hydroxyl groups excluding tert-OH is 1. The van der Waals surface area contributed by atoms with Gasteiger partial charge in [0, 0.05) is 17.6 Å². The van der Waals surface area contributed by atoms with Crippen LogP contribution >= 0.6 is 27.3 Å². The van der Waals surface area contributed by atoms with Crippen molar-refractivity contribution in [1.82, 2.24) is 19.5 Å². The summed E-state index contributed by atoms with van der Waals surface area (Å²) >= 11 is 4.92. The third-order valence-electron chi connectivity index (χ3n) is 5.24. The molecule has 0 radical (unpaired) electrons. The van der Waals surface area contributed by atoms with Gasteiger partial charge in [0.05, 0.1) is 23.3 Å². The smallest absolute Gasteiger partial charge is 0.230 e. The molecule has 1 aromatic carbocycles. The maximum Gasteiger partial charge on any atom is 0.230 e. The molecule has 0 spiro atoms. The Hall–Kier alpha value is -2.20. The molecule has 4 heterocycles. The van der Waals surface area contributed by atoms with E-state index >= 15 is 0 Å². The van der Waals surface area contributed by atoms with Gasteiger partial charge in [0.25, 0.3) is 0 Å². The summed E-state index contributed by atoms with van der Waals surface area (Å²) < 4.78 is 7.85. The Kier molecular flexibility index (Phi) is 4.91. The Balaban J connectivity index is 1.57. The summed E-state index contributed by atoms with van der Waals surface area (Å²) in [5, 5.41) is 25.4. The second-order valence-electron chi connectivity index (χ2n) is 7.12. The van der Waals surface area contributed by atoms with Crippen molar-refractivity contribution in [1.29, 1.82) is 0 Å². The molecular formula is C20H19BrN4O3S. The molecule has 1 saturated heterocycles. The minimum Gasteiger partial charge on any atom is -0.492 e. The van der Waals surface area contributed by atoms with Crippen molar-refractivity contribution in [3.8, 4) is 17.5 Å². The Bertz CT molecular complexity index is 1110. The first-order chi connectivity index (χ1) is 14.1. The highest BCUT2D eigenvalue weighted by Gasteiger charge is 2.32. The third kappa shape index (κ3) is 3.48. The summed E-state index contributed by atoms with van der Waals surface area (Å²) in [5.41, 5.74) is 1.08. The number of thiazole rings is 1. The number of hydrogen-bond acceptors (Lipinski definition) is 7. The van der Waals surface area contributed by atoms with Gasteiger partial charge in [-0.3, -0.25) is 4.90 Å². The fraction of sp³-hybridized carbons (Fsp3) is 0.300. The van der Waals surface area contributed by atoms with E-state index in [-0.39, 0.29) is 18.0 Å². The van der Waals surface area contributed by atoms with E-state index in [1.807, 2.05) is 12.1 Å². The predicted octanol–water partition coefficient (Wildman–Crippen LogP) is 4.07. The van der Waals surface area contributed by atoms with Gasteiger partial charge in [0.1, 0.15) is 0 Å².